The van der Waals surface area contributed by atoms with Gasteiger partial charge < -0.3 is 10.6 Å². The van der Waals surface area contributed by atoms with Gasteiger partial charge in [-0.2, -0.15) is 0 Å². The Morgan fingerprint density at radius 1 is 1.65 bits per heavy atom. The molecule has 90 valence electrons. The number of nitrogens with two attached hydrogens (primary N) is 1. The monoisotopic (exact) mass is 317 g/mol. The van der Waals surface area contributed by atoms with E-state index in [1.165, 1.54) is 11.1 Å². The molecule has 1 unspecified atom stereocenters. The number of carbonyl (C=O) groups excluding carboxylic acids is 2. The van der Waals surface area contributed by atoms with Crippen molar-refractivity contribution in [3.8, 4) is 0 Å². The average Bonchev–Trinajstić information content (AvgIpc) is 2.65. The van der Waals surface area contributed by atoms with Crippen LogP contribution in [0.3, 0.4) is 0 Å². The van der Waals surface area contributed by atoms with Gasteiger partial charge in [0.2, 0.25) is 11.8 Å². The highest BCUT2D eigenvalue weighted by molar-refractivity contribution is 9.10. The summed E-state index contributed by atoms with van der Waals surface area (Å²) >= 11 is 9.00. The number of halogens is 2. The summed E-state index contributed by atoms with van der Waals surface area (Å²) in [4.78, 5) is 28.2. The Morgan fingerprint density at radius 2 is 2.35 bits per heavy atom. The predicted octanol–water partition coefficient (Wildman–Crippen LogP) is 1.34. The van der Waals surface area contributed by atoms with Gasteiger partial charge >= 0.3 is 0 Å². The van der Waals surface area contributed by atoms with Crippen LogP contribution < -0.4 is 10.6 Å². The number of rotatable bonds is 2. The molecule has 2 amide bonds. The fraction of sp³-hybridized carbons (Fsp3) is 0.300. The lowest BCUT2D eigenvalue weighted by molar-refractivity contribution is -0.123. The third-order valence-corrected chi connectivity index (χ3v) is 3.75. The Bertz CT molecular complexity index is 494. The summed E-state index contributed by atoms with van der Waals surface area (Å²) in [5.74, 6) is -1.02. The summed E-state index contributed by atoms with van der Waals surface area (Å²) in [7, 11) is 0. The van der Waals surface area contributed by atoms with E-state index in [0.717, 1.165) is 0 Å². The Hall–Kier alpha value is -1.14. The molecule has 5 nitrogen and oxygen atoms in total. The van der Waals surface area contributed by atoms with Crippen LogP contribution >= 0.6 is 27.5 Å². The molecule has 2 N–H and O–H groups in total. The lowest BCUT2D eigenvalue weighted by Gasteiger charge is -2.16. The molecular formula is C10H9BrClN3O2. The lowest BCUT2D eigenvalue weighted by Crippen LogP contribution is -2.28. The maximum Gasteiger partial charge on any atom is 0.227 e. The first-order valence-electron chi connectivity index (χ1n) is 4.89. The molecule has 1 aromatic rings. The minimum atomic E-state index is -0.457. The molecule has 2 rings (SSSR count). The fourth-order valence-corrected chi connectivity index (χ4v) is 2.15. The summed E-state index contributed by atoms with van der Waals surface area (Å²) in [6, 6.07) is 1.69. The number of amides is 2. The molecule has 0 spiro atoms. The Kier molecular flexibility index (Phi) is 3.35. The number of hydrogen-bond acceptors (Lipinski definition) is 3. The van der Waals surface area contributed by atoms with Gasteiger partial charge in [0.05, 0.1) is 22.3 Å². The number of nitrogens with zero attached hydrogens (tertiary/aromatic N) is 2. The molecule has 1 aromatic heterocycles. The highest BCUT2D eigenvalue weighted by atomic mass is 79.9. The van der Waals surface area contributed by atoms with Crippen LogP contribution in [0.25, 0.3) is 0 Å². The molecule has 2 heterocycles. The average molecular weight is 319 g/mol. The molecule has 1 aliphatic heterocycles. The number of anilines is 1. The SMILES string of the molecule is NC(=O)C1CC(=O)N(c2cnc(Cl)c(Br)c2)C1. The molecule has 0 bridgehead atoms. The van der Waals surface area contributed by atoms with Crippen molar-refractivity contribution in [2.45, 2.75) is 6.42 Å². The summed E-state index contributed by atoms with van der Waals surface area (Å²) in [6.07, 6.45) is 1.64. The first-order valence-corrected chi connectivity index (χ1v) is 6.07. The largest absolute Gasteiger partial charge is 0.369 e. The molecular weight excluding hydrogens is 309 g/mol. The molecule has 1 fully saturated rings. The van der Waals surface area contributed by atoms with Crippen LogP contribution in [0.1, 0.15) is 6.42 Å². The van der Waals surface area contributed by atoms with Gasteiger partial charge in [0.25, 0.3) is 0 Å². The first-order chi connectivity index (χ1) is 7.99. The highest BCUT2D eigenvalue weighted by Crippen LogP contribution is 2.29. The lowest BCUT2D eigenvalue weighted by atomic mass is 10.1. The van der Waals surface area contributed by atoms with Crippen LogP contribution in [0.2, 0.25) is 5.15 Å². The smallest absolute Gasteiger partial charge is 0.227 e. The quantitative estimate of drug-likeness (QED) is 0.836. The van der Waals surface area contributed by atoms with Gasteiger partial charge in [-0.15, -0.1) is 0 Å². The number of primary amides is 1. The third-order valence-electron chi connectivity index (χ3n) is 2.62. The van der Waals surface area contributed by atoms with Gasteiger partial charge in [-0.1, -0.05) is 11.6 Å². The summed E-state index contributed by atoms with van der Waals surface area (Å²) in [5.41, 5.74) is 5.80. The van der Waals surface area contributed by atoms with Gasteiger partial charge in [0, 0.05) is 13.0 Å². The zero-order valence-electron chi connectivity index (χ0n) is 8.69. The van der Waals surface area contributed by atoms with E-state index in [0.29, 0.717) is 21.9 Å². The van der Waals surface area contributed by atoms with E-state index in [9.17, 15) is 9.59 Å². The molecule has 1 saturated heterocycles. The van der Waals surface area contributed by atoms with Crippen molar-refractivity contribution < 1.29 is 9.59 Å². The molecule has 1 atom stereocenters. The third kappa shape index (κ3) is 2.42. The van der Waals surface area contributed by atoms with Crippen molar-refractivity contribution >= 4 is 45.0 Å². The van der Waals surface area contributed by atoms with Gasteiger partial charge in [-0.05, 0) is 22.0 Å². The van der Waals surface area contributed by atoms with E-state index in [2.05, 4.69) is 20.9 Å². The zero-order chi connectivity index (χ0) is 12.6. The van der Waals surface area contributed by atoms with Crippen LogP contribution in [0.4, 0.5) is 5.69 Å². The minimum Gasteiger partial charge on any atom is -0.369 e. The standard InChI is InChI=1S/C10H9BrClN3O2/c11-7-2-6(3-14-9(7)12)15-4-5(10(13)17)1-8(15)16/h2-3,5H,1,4H2,(H2,13,17). The number of aromatic nitrogens is 1. The van der Waals surface area contributed by atoms with Crippen molar-refractivity contribution in [2.24, 2.45) is 11.7 Å². The van der Waals surface area contributed by atoms with Crippen LogP contribution in [0.5, 0.6) is 0 Å². The van der Waals surface area contributed by atoms with Gasteiger partial charge in [-0.3, -0.25) is 9.59 Å². The number of carbonyl (C=O) groups is 2. The molecule has 1 aliphatic rings. The van der Waals surface area contributed by atoms with E-state index in [4.69, 9.17) is 17.3 Å². The van der Waals surface area contributed by atoms with E-state index in [-0.39, 0.29) is 12.3 Å². The van der Waals surface area contributed by atoms with Gasteiger partial charge in [-0.25, -0.2) is 4.98 Å². The van der Waals surface area contributed by atoms with E-state index in [1.807, 2.05) is 0 Å². The van der Waals surface area contributed by atoms with Crippen molar-refractivity contribution in [3.05, 3.63) is 21.9 Å². The Morgan fingerprint density at radius 3 is 2.88 bits per heavy atom. The Balaban J connectivity index is 2.26. The predicted molar refractivity (Wildman–Crippen MR) is 66.6 cm³/mol. The normalized spacial score (nSPS) is 19.8. The van der Waals surface area contributed by atoms with Crippen molar-refractivity contribution in [2.75, 3.05) is 11.4 Å². The molecule has 7 heteroatoms. The van der Waals surface area contributed by atoms with Crippen LogP contribution in [-0.4, -0.2) is 23.3 Å². The van der Waals surface area contributed by atoms with Crippen molar-refractivity contribution in [1.29, 1.82) is 0 Å². The fourth-order valence-electron chi connectivity index (χ4n) is 1.71. The number of pyridine rings is 1. The second-order valence-electron chi connectivity index (χ2n) is 3.77. The second kappa shape index (κ2) is 4.62. The topological polar surface area (TPSA) is 76.3 Å². The molecule has 0 radical (unpaired) electrons. The first kappa shape index (κ1) is 12.3. The van der Waals surface area contributed by atoms with Gasteiger partial charge in [0.1, 0.15) is 5.15 Å². The number of hydrogen-bond donors (Lipinski definition) is 1. The highest BCUT2D eigenvalue weighted by Gasteiger charge is 2.34. The van der Waals surface area contributed by atoms with Crippen LogP contribution in [0, 0.1) is 5.92 Å². The van der Waals surface area contributed by atoms with E-state index in [1.54, 1.807) is 6.07 Å². The van der Waals surface area contributed by atoms with E-state index < -0.39 is 11.8 Å². The molecule has 0 aliphatic carbocycles. The second-order valence-corrected chi connectivity index (χ2v) is 4.99. The maximum absolute atomic E-state index is 11.7. The van der Waals surface area contributed by atoms with E-state index >= 15 is 0 Å². The molecule has 0 aromatic carbocycles. The van der Waals surface area contributed by atoms with Crippen molar-refractivity contribution in [1.82, 2.24) is 4.98 Å². The maximum atomic E-state index is 11.7. The van der Waals surface area contributed by atoms with Crippen molar-refractivity contribution in [3.63, 3.8) is 0 Å². The summed E-state index contributed by atoms with van der Waals surface area (Å²) in [5, 5.41) is 0.326. The molecule has 17 heavy (non-hydrogen) atoms. The van der Waals surface area contributed by atoms with Crippen LogP contribution in [-0.2, 0) is 9.59 Å². The zero-order valence-corrected chi connectivity index (χ0v) is 11.0. The Labute approximate surface area is 111 Å². The van der Waals surface area contributed by atoms with Gasteiger partial charge in [0.15, 0.2) is 0 Å². The van der Waals surface area contributed by atoms with Crippen LogP contribution in [0.15, 0.2) is 16.7 Å². The molecule has 0 saturated carbocycles. The summed E-state index contributed by atoms with van der Waals surface area (Å²) in [6.45, 7) is 0.296. The summed E-state index contributed by atoms with van der Waals surface area (Å²) < 4.78 is 0.604. The minimum absolute atomic E-state index is 0.134.